The molecule has 0 saturated carbocycles. The summed E-state index contributed by atoms with van der Waals surface area (Å²) in [6.07, 6.45) is 1.64. The molecule has 2 heterocycles. The molecule has 2 rings (SSSR count). The van der Waals surface area contributed by atoms with Gasteiger partial charge in [-0.2, -0.15) is 5.10 Å². The number of hydrogen-bond donors (Lipinski definition) is 1. The quantitative estimate of drug-likeness (QED) is 0.762. The molecule has 0 aromatic carbocycles. The Morgan fingerprint density at radius 3 is 2.87 bits per heavy atom. The summed E-state index contributed by atoms with van der Waals surface area (Å²) in [5.41, 5.74) is 5.73. The second-order valence-electron chi connectivity index (χ2n) is 4.71. The van der Waals surface area contributed by atoms with Crippen molar-refractivity contribution in [2.24, 2.45) is 11.7 Å². The van der Waals surface area contributed by atoms with Crippen molar-refractivity contribution in [3.63, 3.8) is 0 Å². The lowest BCUT2D eigenvalue weighted by Gasteiger charge is -2.36. The molecule has 0 unspecified atom stereocenters. The minimum absolute atomic E-state index is 0.353. The monoisotopic (exact) mass is 209 g/mol. The smallest absolute Gasteiger partial charge is 0.141 e. The van der Waals surface area contributed by atoms with Gasteiger partial charge in [0.25, 0.3) is 0 Å². The number of rotatable bonds is 4. The van der Waals surface area contributed by atoms with E-state index in [4.69, 9.17) is 5.73 Å². The summed E-state index contributed by atoms with van der Waals surface area (Å²) in [6, 6.07) is 0.353. The fourth-order valence-corrected chi connectivity index (χ4v) is 1.85. The maximum absolute atomic E-state index is 5.73. The van der Waals surface area contributed by atoms with E-state index in [2.05, 4.69) is 28.8 Å². The van der Waals surface area contributed by atoms with Crippen molar-refractivity contribution in [2.75, 3.05) is 13.1 Å². The first-order valence-corrected chi connectivity index (χ1v) is 5.49. The second-order valence-corrected chi connectivity index (χ2v) is 4.71. The highest BCUT2D eigenvalue weighted by Crippen LogP contribution is 2.10. The molecule has 0 amide bonds. The summed E-state index contributed by atoms with van der Waals surface area (Å²) in [5, 5.41) is 4.23. The van der Waals surface area contributed by atoms with E-state index >= 15 is 0 Å². The number of aromatic nitrogens is 3. The van der Waals surface area contributed by atoms with Crippen LogP contribution in [-0.4, -0.2) is 38.8 Å². The minimum atomic E-state index is 0.353. The van der Waals surface area contributed by atoms with Crippen molar-refractivity contribution >= 4 is 0 Å². The molecule has 0 aliphatic carbocycles. The van der Waals surface area contributed by atoms with E-state index in [1.54, 1.807) is 6.33 Å². The molecule has 0 atom stereocenters. The van der Waals surface area contributed by atoms with Crippen molar-refractivity contribution in [3.05, 3.63) is 12.2 Å². The maximum atomic E-state index is 5.73. The molecule has 1 aromatic heterocycles. The van der Waals surface area contributed by atoms with Crippen molar-refractivity contribution in [2.45, 2.75) is 33.0 Å². The molecule has 0 bridgehead atoms. The van der Waals surface area contributed by atoms with E-state index in [9.17, 15) is 0 Å². The first-order chi connectivity index (χ1) is 7.15. The number of nitrogens with two attached hydrogens (primary N) is 1. The molecule has 1 aromatic rings. The maximum Gasteiger partial charge on any atom is 0.141 e. The van der Waals surface area contributed by atoms with Crippen LogP contribution in [0.3, 0.4) is 0 Å². The summed E-state index contributed by atoms with van der Waals surface area (Å²) in [7, 11) is 0. The van der Waals surface area contributed by atoms with Crippen LogP contribution in [0.2, 0.25) is 0 Å². The highest BCUT2D eigenvalue weighted by Gasteiger charge is 2.24. The summed E-state index contributed by atoms with van der Waals surface area (Å²) >= 11 is 0. The Kier molecular flexibility index (Phi) is 3.02. The summed E-state index contributed by atoms with van der Waals surface area (Å²) in [4.78, 5) is 6.58. The Balaban J connectivity index is 1.93. The standard InChI is InChI=1S/C10H19N5/c1-8(2)3-15-10(12-7-13-15)6-14-4-9(11)5-14/h7-9H,3-6,11H2,1-2H3. The molecule has 2 N–H and O–H groups in total. The Bertz CT molecular complexity index is 313. The topological polar surface area (TPSA) is 60.0 Å². The SMILES string of the molecule is CC(C)Cn1ncnc1CN1CC(N)C1. The van der Waals surface area contributed by atoms with Gasteiger partial charge in [-0.25, -0.2) is 9.67 Å². The Labute approximate surface area is 90.3 Å². The van der Waals surface area contributed by atoms with Gasteiger partial charge in [0.15, 0.2) is 0 Å². The van der Waals surface area contributed by atoms with Crippen LogP contribution in [0.5, 0.6) is 0 Å². The second kappa shape index (κ2) is 4.28. The number of hydrogen-bond acceptors (Lipinski definition) is 4. The molecule has 1 aliphatic heterocycles. The Morgan fingerprint density at radius 2 is 2.27 bits per heavy atom. The van der Waals surface area contributed by atoms with E-state index in [0.29, 0.717) is 12.0 Å². The van der Waals surface area contributed by atoms with E-state index < -0.39 is 0 Å². The lowest BCUT2D eigenvalue weighted by atomic mass is 10.1. The van der Waals surface area contributed by atoms with E-state index in [1.807, 2.05) is 4.68 Å². The first-order valence-electron chi connectivity index (χ1n) is 5.49. The van der Waals surface area contributed by atoms with Crippen LogP contribution in [0.4, 0.5) is 0 Å². The molecule has 1 saturated heterocycles. The molecule has 0 radical (unpaired) electrons. The molecule has 0 spiro atoms. The molecule has 1 fully saturated rings. The molecule has 15 heavy (non-hydrogen) atoms. The highest BCUT2D eigenvalue weighted by atomic mass is 15.4. The average molecular weight is 209 g/mol. The molecule has 1 aliphatic rings. The van der Waals surface area contributed by atoms with Crippen LogP contribution in [0.25, 0.3) is 0 Å². The van der Waals surface area contributed by atoms with Crippen molar-refractivity contribution < 1.29 is 0 Å². The molecule has 5 heteroatoms. The zero-order chi connectivity index (χ0) is 10.8. The van der Waals surface area contributed by atoms with Crippen LogP contribution >= 0.6 is 0 Å². The fraction of sp³-hybridized carbons (Fsp3) is 0.800. The fourth-order valence-electron chi connectivity index (χ4n) is 1.85. The first kappa shape index (κ1) is 10.6. The summed E-state index contributed by atoms with van der Waals surface area (Å²) in [6.45, 7) is 8.15. The molecule has 5 nitrogen and oxygen atoms in total. The average Bonchev–Trinajstić information content (AvgIpc) is 2.49. The Morgan fingerprint density at radius 1 is 1.53 bits per heavy atom. The predicted octanol–water partition coefficient (Wildman–Crippen LogP) is 0.0770. The molecular weight excluding hydrogens is 190 g/mol. The van der Waals surface area contributed by atoms with Crippen LogP contribution in [0.15, 0.2) is 6.33 Å². The van der Waals surface area contributed by atoms with Crippen LogP contribution in [0, 0.1) is 5.92 Å². The predicted molar refractivity (Wildman–Crippen MR) is 58.1 cm³/mol. The van der Waals surface area contributed by atoms with Gasteiger partial charge in [0, 0.05) is 25.7 Å². The van der Waals surface area contributed by atoms with Crippen LogP contribution in [-0.2, 0) is 13.1 Å². The number of nitrogens with zero attached hydrogens (tertiary/aromatic N) is 4. The van der Waals surface area contributed by atoms with Crippen LogP contribution in [0.1, 0.15) is 19.7 Å². The lowest BCUT2D eigenvalue weighted by Crippen LogP contribution is -2.55. The normalized spacial score (nSPS) is 18.4. The molecule has 84 valence electrons. The minimum Gasteiger partial charge on any atom is -0.325 e. The summed E-state index contributed by atoms with van der Waals surface area (Å²) < 4.78 is 1.99. The van der Waals surface area contributed by atoms with Gasteiger partial charge in [-0.1, -0.05) is 13.8 Å². The van der Waals surface area contributed by atoms with E-state index in [1.165, 1.54) is 0 Å². The number of likely N-dealkylation sites (tertiary alicyclic amines) is 1. The van der Waals surface area contributed by atoms with Gasteiger partial charge >= 0.3 is 0 Å². The van der Waals surface area contributed by atoms with Crippen molar-refractivity contribution in [1.29, 1.82) is 0 Å². The molecular formula is C10H19N5. The van der Waals surface area contributed by atoms with Gasteiger partial charge in [-0.3, -0.25) is 4.90 Å². The van der Waals surface area contributed by atoms with Gasteiger partial charge in [0.05, 0.1) is 6.54 Å². The van der Waals surface area contributed by atoms with Gasteiger partial charge in [-0.15, -0.1) is 0 Å². The zero-order valence-electron chi connectivity index (χ0n) is 9.43. The van der Waals surface area contributed by atoms with Crippen LogP contribution < -0.4 is 5.73 Å². The zero-order valence-corrected chi connectivity index (χ0v) is 9.43. The largest absolute Gasteiger partial charge is 0.325 e. The van der Waals surface area contributed by atoms with Gasteiger partial charge in [-0.05, 0) is 5.92 Å². The van der Waals surface area contributed by atoms with Gasteiger partial charge < -0.3 is 5.73 Å². The van der Waals surface area contributed by atoms with Gasteiger partial charge in [0.2, 0.25) is 0 Å². The Hall–Kier alpha value is -0.940. The van der Waals surface area contributed by atoms with Gasteiger partial charge in [0.1, 0.15) is 12.2 Å². The lowest BCUT2D eigenvalue weighted by molar-refractivity contribution is 0.135. The third kappa shape index (κ3) is 2.54. The van der Waals surface area contributed by atoms with Crippen molar-refractivity contribution in [1.82, 2.24) is 19.7 Å². The summed E-state index contributed by atoms with van der Waals surface area (Å²) in [5.74, 6) is 1.65. The third-order valence-electron chi connectivity index (χ3n) is 2.58. The highest BCUT2D eigenvalue weighted by molar-refractivity contribution is 4.90. The van der Waals surface area contributed by atoms with Crippen molar-refractivity contribution in [3.8, 4) is 0 Å². The third-order valence-corrected chi connectivity index (χ3v) is 2.58. The van der Waals surface area contributed by atoms with E-state index in [0.717, 1.165) is 32.0 Å². The van der Waals surface area contributed by atoms with E-state index in [-0.39, 0.29) is 0 Å².